The first-order chi connectivity index (χ1) is 16.1. The van der Waals surface area contributed by atoms with Gasteiger partial charge < -0.3 is 14.6 Å². The van der Waals surface area contributed by atoms with Crippen LogP contribution in [0.5, 0.6) is 5.75 Å². The molecule has 1 amide bonds. The Hall–Kier alpha value is -3.58. The fourth-order valence-electron chi connectivity index (χ4n) is 3.57. The summed E-state index contributed by atoms with van der Waals surface area (Å²) in [5.41, 5.74) is 3.74. The van der Waals surface area contributed by atoms with Crippen molar-refractivity contribution >= 4 is 23.4 Å². The van der Waals surface area contributed by atoms with Gasteiger partial charge in [-0.05, 0) is 37.6 Å². The molecule has 1 atom stereocenters. The molecule has 0 unspecified atom stereocenters. The second kappa shape index (κ2) is 10.4. The van der Waals surface area contributed by atoms with E-state index in [-0.39, 0.29) is 5.91 Å². The Bertz CT molecular complexity index is 1240. The molecule has 6 nitrogen and oxygen atoms in total. The Morgan fingerprint density at radius 3 is 2.55 bits per heavy atom. The van der Waals surface area contributed by atoms with Crippen molar-refractivity contribution in [3.8, 4) is 17.1 Å². The lowest BCUT2D eigenvalue weighted by Gasteiger charge is -2.17. The van der Waals surface area contributed by atoms with Crippen molar-refractivity contribution in [2.45, 2.75) is 30.8 Å². The molecule has 4 aromatic rings. The molecule has 0 saturated heterocycles. The molecule has 1 aromatic heterocycles. The van der Waals surface area contributed by atoms with Gasteiger partial charge in [-0.1, -0.05) is 71.9 Å². The van der Waals surface area contributed by atoms with E-state index in [9.17, 15) is 4.79 Å². The minimum absolute atomic E-state index is 0.137. The van der Waals surface area contributed by atoms with Gasteiger partial charge in [0.25, 0.3) is 0 Å². The first kappa shape index (κ1) is 22.6. The third-order valence-electron chi connectivity index (χ3n) is 5.21. The van der Waals surface area contributed by atoms with Crippen LogP contribution >= 0.6 is 11.8 Å². The van der Waals surface area contributed by atoms with Crippen LogP contribution in [-0.2, 0) is 11.3 Å². The lowest BCUT2D eigenvalue weighted by molar-refractivity contribution is -0.115. The van der Waals surface area contributed by atoms with Crippen molar-refractivity contribution in [3.63, 3.8) is 0 Å². The number of aryl methyl sites for hydroxylation is 1. The van der Waals surface area contributed by atoms with Crippen molar-refractivity contribution in [1.29, 1.82) is 0 Å². The van der Waals surface area contributed by atoms with Crippen molar-refractivity contribution in [2.75, 3.05) is 12.4 Å². The number of rotatable bonds is 8. The maximum Gasteiger partial charge on any atom is 0.242 e. The quantitative estimate of drug-likeness (QED) is 0.340. The summed E-state index contributed by atoms with van der Waals surface area (Å²) in [7, 11) is 1.60. The van der Waals surface area contributed by atoms with Crippen molar-refractivity contribution in [2.24, 2.45) is 0 Å². The first-order valence-electron chi connectivity index (χ1n) is 10.8. The van der Waals surface area contributed by atoms with Crippen molar-refractivity contribution in [3.05, 3.63) is 90.0 Å². The van der Waals surface area contributed by atoms with E-state index in [4.69, 9.17) is 4.74 Å². The molecule has 0 bridgehead atoms. The summed E-state index contributed by atoms with van der Waals surface area (Å²) in [6.07, 6.45) is 0. The summed E-state index contributed by atoms with van der Waals surface area (Å²) in [6.45, 7) is 4.80. The molecule has 0 aliphatic carbocycles. The largest absolute Gasteiger partial charge is 0.497 e. The van der Waals surface area contributed by atoms with Crippen LogP contribution in [0.3, 0.4) is 0 Å². The smallest absolute Gasteiger partial charge is 0.242 e. The van der Waals surface area contributed by atoms with Crippen LogP contribution < -0.4 is 10.1 Å². The fraction of sp³-hybridized carbons (Fsp3) is 0.192. The van der Waals surface area contributed by atoms with E-state index >= 15 is 0 Å². The second-order valence-corrected chi connectivity index (χ2v) is 8.62. The lowest BCUT2D eigenvalue weighted by atomic mass is 10.1. The number of hydrogen-bond acceptors (Lipinski definition) is 5. The summed E-state index contributed by atoms with van der Waals surface area (Å²) in [5.74, 6) is 1.34. The van der Waals surface area contributed by atoms with E-state index < -0.39 is 5.25 Å². The average molecular weight is 459 g/mol. The third-order valence-corrected chi connectivity index (χ3v) is 6.45. The Kier molecular flexibility index (Phi) is 7.10. The number of ether oxygens (including phenoxy) is 1. The highest BCUT2D eigenvalue weighted by molar-refractivity contribution is 8.00. The monoisotopic (exact) mass is 458 g/mol. The molecule has 3 aromatic carbocycles. The zero-order chi connectivity index (χ0) is 23.2. The molecule has 0 saturated carbocycles. The molecule has 0 spiro atoms. The van der Waals surface area contributed by atoms with E-state index in [1.54, 1.807) is 13.2 Å². The molecule has 4 rings (SSSR count). The third kappa shape index (κ3) is 5.26. The van der Waals surface area contributed by atoms with Gasteiger partial charge in [0, 0.05) is 23.9 Å². The lowest BCUT2D eigenvalue weighted by Crippen LogP contribution is -2.19. The molecule has 33 heavy (non-hydrogen) atoms. The highest BCUT2D eigenvalue weighted by Gasteiger charge is 2.26. The van der Waals surface area contributed by atoms with Crippen LogP contribution in [0, 0.1) is 6.92 Å². The Labute approximate surface area is 198 Å². The average Bonchev–Trinajstić information content (AvgIpc) is 3.25. The van der Waals surface area contributed by atoms with Gasteiger partial charge in [-0.3, -0.25) is 4.79 Å². The maximum atomic E-state index is 13.4. The number of carbonyl (C=O) groups is 1. The number of nitrogens with one attached hydrogen (secondary N) is 1. The summed E-state index contributed by atoms with van der Waals surface area (Å²) < 4.78 is 7.33. The molecule has 1 N–H and O–H groups in total. The van der Waals surface area contributed by atoms with Crippen LogP contribution in [0.2, 0.25) is 0 Å². The molecule has 0 radical (unpaired) electrons. The predicted molar refractivity (Wildman–Crippen MR) is 133 cm³/mol. The summed E-state index contributed by atoms with van der Waals surface area (Å²) >= 11 is 1.40. The van der Waals surface area contributed by atoms with Gasteiger partial charge in [-0.2, -0.15) is 0 Å². The summed E-state index contributed by atoms with van der Waals surface area (Å²) in [5, 5.41) is 12.1. The van der Waals surface area contributed by atoms with Gasteiger partial charge in [0.15, 0.2) is 11.0 Å². The Morgan fingerprint density at radius 1 is 1.03 bits per heavy atom. The SMILES string of the molecule is CCn1c(S[C@@H](C(=O)Nc2cccc(OC)c2)c2ccccc2)nnc1-c1cccc(C)c1. The standard InChI is InChI=1S/C26H26N4O2S/c1-4-30-24(20-13-8-10-18(2)16-20)28-29-26(30)33-23(19-11-6-5-7-12-19)25(31)27-21-14-9-15-22(17-21)32-3/h5-17,23H,4H2,1-3H3,(H,27,31)/t23-/m1/s1. The number of methoxy groups -OCH3 is 1. The molecule has 0 aliphatic rings. The molecule has 7 heteroatoms. The Balaban J connectivity index is 1.66. The highest BCUT2D eigenvalue weighted by atomic mass is 32.2. The predicted octanol–water partition coefficient (Wildman–Crippen LogP) is 5.75. The van der Waals surface area contributed by atoms with E-state index in [0.29, 0.717) is 23.1 Å². The number of anilines is 1. The minimum atomic E-state index is -0.503. The number of nitrogens with zero attached hydrogens (tertiary/aromatic N) is 3. The first-order valence-corrected chi connectivity index (χ1v) is 11.6. The van der Waals surface area contributed by atoms with E-state index in [0.717, 1.165) is 22.5 Å². The van der Waals surface area contributed by atoms with Crippen LogP contribution in [0.25, 0.3) is 11.4 Å². The molecular weight excluding hydrogens is 432 g/mol. The second-order valence-electron chi connectivity index (χ2n) is 7.55. The molecular formula is C26H26N4O2S. The van der Waals surface area contributed by atoms with E-state index in [2.05, 4.69) is 41.5 Å². The van der Waals surface area contributed by atoms with Gasteiger partial charge in [0.1, 0.15) is 11.0 Å². The summed E-state index contributed by atoms with van der Waals surface area (Å²) in [6, 6.07) is 25.2. The van der Waals surface area contributed by atoms with Crippen molar-refractivity contribution < 1.29 is 9.53 Å². The Morgan fingerprint density at radius 2 is 1.82 bits per heavy atom. The number of aromatic nitrogens is 3. The zero-order valence-corrected chi connectivity index (χ0v) is 19.7. The molecule has 1 heterocycles. The van der Waals surface area contributed by atoms with E-state index in [1.807, 2.05) is 65.2 Å². The highest BCUT2D eigenvalue weighted by Crippen LogP contribution is 2.37. The number of hydrogen-bond donors (Lipinski definition) is 1. The minimum Gasteiger partial charge on any atom is -0.497 e. The normalized spacial score (nSPS) is 11.7. The van der Waals surface area contributed by atoms with Crippen LogP contribution in [-0.4, -0.2) is 27.8 Å². The van der Waals surface area contributed by atoms with Crippen LogP contribution in [0.1, 0.15) is 23.3 Å². The van der Waals surface area contributed by atoms with Gasteiger partial charge in [0.05, 0.1) is 7.11 Å². The summed E-state index contributed by atoms with van der Waals surface area (Å²) in [4.78, 5) is 13.4. The number of benzene rings is 3. The van der Waals surface area contributed by atoms with Crippen molar-refractivity contribution in [1.82, 2.24) is 14.8 Å². The molecule has 0 aliphatic heterocycles. The number of amides is 1. The van der Waals surface area contributed by atoms with E-state index in [1.165, 1.54) is 11.8 Å². The molecule has 0 fully saturated rings. The van der Waals surface area contributed by atoms with Crippen LogP contribution in [0.4, 0.5) is 5.69 Å². The van der Waals surface area contributed by atoms with Gasteiger partial charge in [-0.25, -0.2) is 0 Å². The zero-order valence-electron chi connectivity index (χ0n) is 18.9. The number of carbonyl (C=O) groups excluding carboxylic acids is 1. The number of thioether (sulfide) groups is 1. The van der Waals surface area contributed by atoms with Crippen LogP contribution in [0.15, 0.2) is 84.0 Å². The topological polar surface area (TPSA) is 69.0 Å². The van der Waals surface area contributed by atoms with Gasteiger partial charge in [0.2, 0.25) is 5.91 Å². The maximum absolute atomic E-state index is 13.4. The molecule has 168 valence electrons. The fourth-order valence-corrected chi connectivity index (χ4v) is 4.67. The van der Waals surface area contributed by atoms with Gasteiger partial charge >= 0.3 is 0 Å². The van der Waals surface area contributed by atoms with Gasteiger partial charge in [-0.15, -0.1) is 10.2 Å².